The Labute approximate surface area is 201 Å². The number of nitrogens with zero attached hydrogens (tertiary/aromatic N) is 3. The fourth-order valence-electron chi connectivity index (χ4n) is 3.35. The molecule has 0 aliphatic carbocycles. The van der Waals surface area contributed by atoms with Gasteiger partial charge in [-0.25, -0.2) is 0 Å². The van der Waals surface area contributed by atoms with Crippen molar-refractivity contribution in [2.75, 3.05) is 22.5 Å². The first-order valence-electron chi connectivity index (χ1n) is 10.5. The number of aromatic hydroxyl groups is 1. The second kappa shape index (κ2) is 10.5. The third-order valence-corrected chi connectivity index (χ3v) is 5.68. The van der Waals surface area contributed by atoms with Crippen molar-refractivity contribution < 1.29 is 9.90 Å². The van der Waals surface area contributed by atoms with Crippen molar-refractivity contribution in [3.63, 3.8) is 0 Å². The van der Waals surface area contributed by atoms with Crippen LogP contribution in [0.25, 0.3) is 0 Å². The molecule has 1 aliphatic heterocycles. The Morgan fingerprint density at radius 2 is 1.82 bits per heavy atom. The highest BCUT2D eigenvalue weighted by Crippen LogP contribution is 2.29. The lowest BCUT2D eigenvalue weighted by molar-refractivity contribution is -0.121. The Kier molecular flexibility index (Phi) is 7.31. The number of amides is 1. The molecule has 172 valence electrons. The number of nitrogens with one attached hydrogen (secondary N) is 4. The molecular formula is C22H23Cl2N7O2. The van der Waals surface area contributed by atoms with Crippen LogP contribution in [-0.2, 0) is 11.3 Å². The monoisotopic (exact) mass is 487 g/mol. The number of anilines is 4. The van der Waals surface area contributed by atoms with Crippen molar-refractivity contribution in [1.29, 1.82) is 0 Å². The van der Waals surface area contributed by atoms with E-state index in [2.05, 4.69) is 36.2 Å². The average molecular weight is 488 g/mol. The molecular weight excluding hydrogens is 465 g/mol. The summed E-state index contributed by atoms with van der Waals surface area (Å²) >= 11 is 12.3. The lowest BCUT2D eigenvalue weighted by atomic mass is 10.1. The number of phenolic OH excluding ortho intramolecular Hbond substituents is 1. The second-order valence-electron chi connectivity index (χ2n) is 7.52. The molecule has 0 bridgehead atoms. The topological polar surface area (TPSA) is 124 Å². The van der Waals surface area contributed by atoms with Crippen LogP contribution in [0.3, 0.4) is 0 Å². The molecule has 4 rings (SSSR count). The summed E-state index contributed by atoms with van der Waals surface area (Å²) in [6.07, 6.45) is 2.49. The first-order chi connectivity index (χ1) is 16.0. The minimum absolute atomic E-state index is 0.0111. The van der Waals surface area contributed by atoms with Crippen LogP contribution in [0.5, 0.6) is 5.75 Å². The van der Waals surface area contributed by atoms with Gasteiger partial charge in [0.2, 0.25) is 23.8 Å². The summed E-state index contributed by atoms with van der Waals surface area (Å²) in [6, 6.07) is 11.6. The maximum atomic E-state index is 12.4. The number of carbonyl (C=O) groups excluding carboxylic acids is 1. The molecule has 1 aliphatic rings. The van der Waals surface area contributed by atoms with Gasteiger partial charge in [0.25, 0.3) is 0 Å². The molecule has 5 N–H and O–H groups in total. The predicted octanol–water partition coefficient (Wildman–Crippen LogP) is 4.32. The van der Waals surface area contributed by atoms with Gasteiger partial charge in [-0.15, -0.1) is 0 Å². The predicted molar refractivity (Wildman–Crippen MR) is 129 cm³/mol. The van der Waals surface area contributed by atoms with Crippen molar-refractivity contribution in [3.8, 4) is 5.75 Å². The Morgan fingerprint density at radius 1 is 1.03 bits per heavy atom. The molecule has 11 heteroatoms. The maximum absolute atomic E-state index is 12.4. The molecule has 1 aromatic heterocycles. The van der Waals surface area contributed by atoms with Crippen LogP contribution in [-0.4, -0.2) is 38.6 Å². The van der Waals surface area contributed by atoms with Gasteiger partial charge in [-0.1, -0.05) is 41.4 Å². The molecule has 1 saturated heterocycles. The van der Waals surface area contributed by atoms with Gasteiger partial charge in [0.05, 0.1) is 5.69 Å². The van der Waals surface area contributed by atoms with Crippen LogP contribution in [0.1, 0.15) is 24.8 Å². The van der Waals surface area contributed by atoms with Crippen LogP contribution in [0, 0.1) is 0 Å². The SMILES string of the molecule is O=C1NCCCCC1Nc1nc(NCc2ccccc2Cl)nc(Nc2cc(Cl)ccc2O)n1. The first kappa shape index (κ1) is 22.9. The summed E-state index contributed by atoms with van der Waals surface area (Å²) < 4.78 is 0. The number of halogens is 2. The van der Waals surface area contributed by atoms with E-state index in [9.17, 15) is 9.90 Å². The molecule has 0 saturated carbocycles. The largest absolute Gasteiger partial charge is 0.506 e. The van der Waals surface area contributed by atoms with E-state index in [-0.39, 0.29) is 29.5 Å². The molecule has 1 unspecified atom stereocenters. The number of carbonyl (C=O) groups is 1. The van der Waals surface area contributed by atoms with Crippen LogP contribution in [0.4, 0.5) is 23.5 Å². The fourth-order valence-corrected chi connectivity index (χ4v) is 3.73. The molecule has 1 fully saturated rings. The van der Waals surface area contributed by atoms with E-state index in [4.69, 9.17) is 23.2 Å². The first-order valence-corrected chi connectivity index (χ1v) is 11.3. The lowest BCUT2D eigenvalue weighted by Gasteiger charge is -2.17. The standard InChI is InChI=1S/C22H23Cl2N7O2/c23-14-8-9-18(32)17(11-14)28-22-30-20(26-12-13-5-1-2-6-15(13)24)29-21(31-22)27-16-7-3-4-10-25-19(16)33/h1-2,5-6,8-9,11,16,32H,3-4,7,10,12H2,(H,25,33)(H3,26,27,28,29,30,31). The maximum Gasteiger partial charge on any atom is 0.242 e. The van der Waals surface area contributed by atoms with E-state index in [0.717, 1.165) is 18.4 Å². The van der Waals surface area contributed by atoms with Crippen molar-refractivity contribution in [3.05, 3.63) is 58.1 Å². The molecule has 2 heterocycles. The third kappa shape index (κ3) is 6.15. The molecule has 1 amide bonds. The molecule has 3 aromatic rings. The van der Waals surface area contributed by atoms with E-state index in [1.54, 1.807) is 18.2 Å². The number of aromatic nitrogens is 3. The molecule has 0 spiro atoms. The summed E-state index contributed by atoms with van der Waals surface area (Å²) in [5, 5.41) is 23.3. The normalized spacial score (nSPS) is 15.9. The number of hydrogen-bond acceptors (Lipinski definition) is 8. The van der Waals surface area contributed by atoms with Crippen LogP contribution in [0.2, 0.25) is 10.0 Å². The number of hydrogen-bond donors (Lipinski definition) is 5. The van der Waals surface area contributed by atoms with Gasteiger partial charge in [-0.2, -0.15) is 15.0 Å². The molecule has 33 heavy (non-hydrogen) atoms. The van der Waals surface area contributed by atoms with Crippen LogP contribution >= 0.6 is 23.2 Å². The summed E-state index contributed by atoms with van der Waals surface area (Å²) in [6.45, 7) is 1.04. The van der Waals surface area contributed by atoms with E-state index < -0.39 is 6.04 Å². The molecule has 9 nitrogen and oxygen atoms in total. The van der Waals surface area contributed by atoms with E-state index in [1.807, 2.05) is 18.2 Å². The Hall–Kier alpha value is -3.30. The number of rotatable bonds is 7. The summed E-state index contributed by atoms with van der Waals surface area (Å²) in [7, 11) is 0. The van der Waals surface area contributed by atoms with Crippen molar-refractivity contribution >= 4 is 52.6 Å². The lowest BCUT2D eigenvalue weighted by Crippen LogP contribution is -2.38. The summed E-state index contributed by atoms with van der Waals surface area (Å²) in [5.41, 5.74) is 1.21. The third-order valence-electron chi connectivity index (χ3n) is 5.07. The zero-order valence-corrected chi connectivity index (χ0v) is 19.1. The van der Waals surface area contributed by atoms with Gasteiger partial charge < -0.3 is 26.4 Å². The molecule has 2 aromatic carbocycles. The summed E-state index contributed by atoms with van der Waals surface area (Å²) in [4.78, 5) is 25.6. The number of phenols is 1. The minimum atomic E-state index is -0.459. The van der Waals surface area contributed by atoms with E-state index in [1.165, 1.54) is 6.07 Å². The Morgan fingerprint density at radius 3 is 2.67 bits per heavy atom. The minimum Gasteiger partial charge on any atom is -0.506 e. The zero-order valence-electron chi connectivity index (χ0n) is 17.6. The second-order valence-corrected chi connectivity index (χ2v) is 8.37. The smallest absolute Gasteiger partial charge is 0.242 e. The van der Waals surface area contributed by atoms with Crippen molar-refractivity contribution in [1.82, 2.24) is 20.3 Å². The van der Waals surface area contributed by atoms with Crippen molar-refractivity contribution in [2.24, 2.45) is 0 Å². The average Bonchev–Trinajstić information content (AvgIpc) is 3.00. The highest BCUT2D eigenvalue weighted by atomic mass is 35.5. The molecule has 1 atom stereocenters. The van der Waals surface area contributed by atoms with Gasteiger partial charge in [-0.05, 0) is 49.1 Å². The van der Waals surface area contributed by atoms with Gasteiger partial charge in [0.1, 0.15) is 11.8 Å². The van der Waals surface area contributed by atoms with Gasteiger partial charge in [-0.3, -0.25) is 4.79 Å². The van der Waals surface area contributed by atoms with Gasteiger partial charge in [0, 0.05) is 23.1 Å². The van der Waals surface area contributed by atoms with Gasteiger partial charge >= 0.3 is 0 Å². The van der Waals surface area contributed by atoms with E-state index >= 15 is 0 Å². The van der Waals surface area contributed by atoms with Crippen LogP contribution < -0.4 is 21.3 Å². The zero-order chi connectivity index (χ0) is 23.2. The Bertz CT molecular complexity index is 1150. The number of benzene rings is 2. The fraction of sp³-hybridized carbons (Fsp3) is 0.273. The van der Waals surface area contributed by atoms with E-state index in [0.29, 0.717) is 35.2 Å². The Balaban J connectivity index is 1.60. The summed E-state index contributed by atoms with van der Waals surface area (Å²) in [5.74, 6) is 0.549. The van der Waals surface area contributed by atoms with Gasteiger partial charge in [0.15, 0.2) is 0 Å². The molecule has 0 radical (unpaired) electrons. The quantitative estimate of drug-likeness (QED) is 0.312. The highest BCUT2D eigenvalue weighted by molar-refractivity contribution is 6.31. The van der Waals surface area contributed by atoms with Crippen molar-refractivity contribution in [2.45, 2.75) is 31.8 Å². The highest BCUT2D eigenvalue weighted by Gasteiger charge is 2.22. The van der Waals surface area contributed by atoms with Crippen LogP contribution in [0.15, 0.2) is 42.5 Å².